The van der Waals surface area contributed by atoms with E-state index in [0.717, 1.165) is 11.3 Å². The lowest BCUT2D eigenvalue weighted by Crippen LogP contribution is -2.37. The quantitative estimate of drug-likeness (QED) is 0.730. The maximum absolute atomic E-state index is 12.8. The van der Waals surface area contributed by atoms with Gasteiger partial charge in [-0.25, -0.2) is 9.18 Å². The molecule has 0 saturated heterocycles. The van der Waals surface area contributed by atoms with E-state index in [9.17, 15) is 14.3 Å². The first-order chi connectivity index (χ1) is 11.6. The average Bonchev–Trinajstić information content (AvgIpc) is 2.59. The van der Waals surface area contributed by atoms with Gasteiger partial charge in [-0.3, -0.25) is 0 Å². The number of urea groups is 1. The highest BCUT2D eigenvalue weighted by molar-refractivity contribution is 5.73. The molecule has 2 rings (SSSR count). The highest BCUT2D eigenvalue weighted by Crippen LogP contribution is 2.13. The minimum atomic E-state index is -0.891. The number of amides is 2. The van der Waals surface area contributed by atoms with E-state index in [1.807, 2.05) is 31.2 Å². The number of hydrogen-bond acceptors (Lipinski definition) is 3. The molecule has 0 aliphatic rings. The van der Waals surface area contributed by atoms with Gasteiger partial charge in [0.15, 0.2) is 0 Å². The summed E-state index contributed by atoms with van der Waals surface area (Å²) < 4.78 is 18.2. The number of carbonyl (C=O) groups excluding carboxylic acids is 1. The summed E-state index contributed by atoms with van der Waals surface area (Å²) in [5.74, 6) is 0.384. The molecule has 0 bridgehead atoms. The van der Waals surface area contributed by atoms with Crippen LogP contribution < -0.4 is 15.4 Å². The predicted molar refractivity (Wildman–Crippen MR) is 89.2 cm³/mol. The molecule has 2 aromatic carbocycles. The SMILES string of the molecule is CCOc1cccc(CNC(=O)NCC(O)c2ccc(F)cc2)c1. The maximum Gasteiger partial charge on any atom is 0.315 e. The molecule has 1 unspecified atom stereocenters. The van der Waals surface area contributed by atoms with Gasteiger partial charge in [0.25, 0.3) is 0 Å². The molecule has 0 fully saturated rings. The molecule has 0 aliphatic carbocycles. The fourth-order valence-corrected chi connectivity index (χ4v) is 2.15. The van der Waals surface area contributed by atoms with E-state index in [0.29, 0.717) is 18.7 Å². The molecule has 2 amide bonds. The van der Waals surface area contributed by atoms with Gasteiger partial charge in [0.05, 0.1) is 12.7 Å². The van der Waals surface area contributed by atoms with E-state index in [1.54, 1.807) is 0 Å². The second-order valence-electron chi connectivity index (χ2n) is 5.21. The molecule has 128 valence electrons. The Morgan fingerprint density at radius 3 is 2.67 bits per heavy atom. The van der Waals surface area contributed by atoms with Gasteiger partial charge in [0.2, 0.25) is 0 Å². The summed E-state index contributed by atoms with van der Waals surface area (Å²) in [6, 6.07) is 12.6. The number of hydrogen-bond donors (Lipinski definition) is 3. The number of aliphatic hydroxyl groups excluding tert-OH is 1. The zero-order valence-electron chi connectivity index (χ0n) is 13.5. The van der Waals surface area contributed by atoms with Crippen LogP contribution in [0.15, 0.2) is 48.5 Å². The second kappa shape index (κ2) is 8.88. The summed E-state index contributed by atoms with van der Waals surface area (Å²) in [4.78, 5) is 11.8. The van der Waals surface area contributed by atoms with Crippen LogP contribution in [0, 0.1) is 5.82 Å². The monoisotopic (exact) mass is 332 g/mol. The normalized spacial score (nSPS) is 11.6. The Morgan fingerprint density at radius 2 is 1.96 bits per heavy atom. The standard InChI is InChI=1S/C18H21FN2O3/c1-2-24-16-5-3-4-13(10-16)11-20-18(23)21-12-17(22)14-6-8-15(19)9-7-14/h3-10,17,22H,2,11-12H2,1H3,(H2,20,21,23). The maximum atomic E-state index is 12.8. The van der Waals surface area contributed by atoms with Crippen LogP contribution in [0.25, 0.3) is 0 Å². The third-order valence-electron chi connectivity index (χ3n) is 3.37. The van der Waals surface area contributed by atoms with Gasteiger partial charge in [0, 0.05) is 13.1 Å². The number of ether oxygens (including phenoxy) is 1. The van der Waals surface area contributed by atoms with Crippen molar-refractivity contribution in [1.29, 1.82) is 0 Å². The summed E-state index contributed by atoms with van der Waals surface area (Å²) in [6.07, 6.45) is -0.891. The average molecular weight is 332 g/mol. The first-order valence-electron chi connectivity index (χ1n) is 7.75. The van der Waals surface area contributed by atoms with Gasteiger partial charge in [-0.05, 0) is 42.3 Å². The summed E-state index contributed by atoms with van der Waals surface area (Å²) in [5.41, 5.74) is 1.45. The summed E-state index contributed by atoms with van der Waals surface area (Å²) >= 11 is 0. The van der Waals surface area contributed by atoms with E-state index in [-0.39, 0.29) is 12.4 Å². The van der Waals surface area contributed by atoms with Crippen LogP contribution in [-0.4, -0.2) is 24.3 Å². The Kier molecular flexibility index (Phi) is 6.57. The molecular formula is C18H21FN2O3. The van der Waals surface area contributed by atoms with Crippen molar-refractivity contribution >= 4 is 6.03 Å². The van der Waals surface area contributed by atoms with Gasteiger partial charge >= 0.3 is 6.03 Å². The van der Waals surface area contributed by atoms with E-state index in [4.69, 9.17) is 4.74 Å². The van der Waals surface area contributed by atoms with Crippen molar-refractivity contribution in [3.63, 3.8) is 0 Å². The summed E-state index contributed by atoms with van der Waals surface area (Å²) in [7, 11) is 0. The van der Waals surface area contributed by atoms with Gasteiger partial charge in [-0.1, -0.05) is 24.3 Å². The van der Waals surface area contributed by atoms with Crippen LogP contribution in [0.1, 0.15) is 24.2 Å². The zero-order chi connectivity index (χ0) is 17.4. The number of aliphatic hydroxyl groups is 1. The molecule has 0 spiro atoms. The first-order valence-corrected chi connectivity index (χ1v) is 7.75. The number of halogens is 1. The number of benzene rings is 2. The number of nitrogens with one attached hydrogen (secondary N) is 2. The fourth-order valence-electron chi connectivity index (χ4n) is 2.15. The van der Waals surface area contributed by atoms with Crippen molar-refractivity contribution in [1.82, 2.24) is 10.6 Å². The molecule has 5 nitrogen and oxygen atoms in total. The number of carbonyl (C=O) groups is 1. The largest absolute Gasteiger partial charge is 0.494 e. The second-order valence-corrected chi connectivity index (χ2v) is 5.21. The Hall–Kier alpha value is -2.60. The molecule has 0 heterocycles. The van der Waals surface area contributed by atoms with Crippen LogP contribution in [0.4, 0.5) is 9.18 Å². The van der Waals surface area contributed by atoms with Crippen molar-refractivity contribution in [2.75, 3.05) is 13.2 Å². The van der Waals surface area contributed by atoms with Crippen molar-refractivity contribution in [3.05, 3.63) is 65.5 Å². The molecule has 2 aromatic rings. The lowest BCUT2D eigenvalue weighted by atomic mass is 10.1. The minimum Gasteiger partial charge on any atom is -0.494 e. The molecule has 6 heteroatoms. The third-order valence-corrected chi connectivity index (χ3v) is 3.37. The molecule has 0 radical (unpaired) electrons. The smallest absolute Gasteiger partial charge is 0.315 e. The number of rotatable bonds is 7. The third kappa shape index (κ3) is 5.55. The Bertz CT molecular complexity index is 662. The van der Waals surface area contributed by atoms with E-state index in [1.165, 1.54) is 24.3 Å². The van der Waals surface area contributed by atoms with E-state index < -0.39 is 12.1 Å². The van der Waals surface area contributed by atoms with E-state index >= 15 is 0 Å². The first kappa shape index (κ1) is 17.7. The van der Waals surface area contributed by atoms with Crippen molar-refractivity contribution < 1.29 is 19.0 Å². The molecule has 0 aromatic heterocycles. The Morgan fingerprint density at radius 1 is 1.21 bits per heavy atom. The molecule has 24 heavy (non-hydrogen) atoms. The fraction of sp³-hybridized carbons (Fsp3) is 0.278. The highest BCUT2D eigenvalue weighted by Gasteiger charge is 2.09. The molecule has 0 aliphatic heterocycles. The zero-order valence-corrected chi connectivity index (χ0v) is 13.5. The Balaban J connectivity index is 1.77. The van der Waals surface area contributed by atoms with E-state index in [2.05, 4.69) is 10.6 Å². The van der Waals surface area contributed by atoms with Crippen LogP contribution in [0.2, 0.25) is 0 Å². The topological polar surface area (TPSA) is 70.6 Å². The summed E-state index contributed by atoms with van der Waals surface area (Å²) in [5, 5.41) is 15.2. The van der Waals surface area contributed by atoms with Gasteiger partial charge in [-0.2, -0.15) is 0 Å². The summed E-state index contributed by atoms with van der Waals surface area (Å²) in [6.45, 7) is 2.87. The van der Waals surface area contributed by atoms with Gasteiger partial charge < -0.3 is 20.5 Å². The van der Waals surface area contributed by atoms with Crippen LogP contribution >= 0.6 is 0 Å². The Labute approximate surface area is 140 Å². The highest BCUT2D eigenvalue weighted by atomic mass is 19.1. The minimum absolute atomic E-state index is 0.0381. The lowest BCUT2D eigenvalue weighted by molar-refractivity contribution is 0.173. The van der Waals surface area contributed by atoms with Crippen LogP contribution in [0.3, 0.4) is 0 Å². The molecule has 0 saturated carbocycles. The lowest BCUT2D eigenvalue weighted by Gasteiger charge is -2.13. The van der Waals surface area contributed by atoms with Gasteiger partial charge in [-0.15, -0.1) is 0 Å². The molecule has 3 N–H and O–H groups in total. The molecule has 1 atom stereocenters. The van der Waals surface area contributed by atoms with Crippen LogP contribution in [-0.2, 0) is 6.54 Å². The van der Waals surface area contributed by atoms with Crippen molar-refractivity contribution in [2.24, 2.45) is 0 Å². The van der Waals surface area contributed by atoms with Crippen molar-refractivity contribution in [3.8, 4) is 5.75 Å². The van der Waals surface area contributed by atoms with Crippen LogP contribution in [0.5, 0.6) is 5.75 Å². The van der Waals surface area contributed by atoms with Gasteiger partial charge in [0.1, 0.15) is 11.6 Å². The van der Waals surface area contributed by atoms with Crippen molar-refractivity contribution in [2.45, 2.75) is 19.6 Å². The predicted octanol–water partition coefficient (Wildman–Crippen LogP) is 2.76. The molecular weight excluding hydrogens is 311 g/mol.